The van der Waals surface area contributed by atoms with Crippen LogP contribution in [0, 0.1) is 50.3 Å². The van der Waals surface area contributed by atoms with Crippen LogP contribution in [-0.2, 0) is 66.5 Å². The number of pyridine rings is 3. The second kappa shape index (κ2) is 34.8. The van der Waals surface area contributed by atoms with Gasteiger partial charge < -0.3 is 15.3 Å². The van der Waals surface area contributed by atoms with E-state index < -0.39 is 29.6 Å². The minimum Gasteiger partial charge on any atom is -0.477 e. The number of nitrogens with zero attached hydrogens (tertiary/aromatic N) is 10. The quantitative estimate of drug-likeness (QED) is 0.131. The standard InChI is InChI=1S/C16H10F3N2.C16H10N3.C15H10ClN2.3C6H5NO2.3Ir/c1-10-15(21-14-5-3-2-4-13(14)20-10)11-6-8-12(9-7-11)16(17,18)19;1-11-16(13-8-6-12(10-17)7-9-13)19-15-5-3-2-4-14(15)18-11;1-10-15(11-6-8-12(16)9-7-11)18-14-5-3-2-4-13(14)17-10;3*8-6(9)5-3-1-2-4-7-5;;;/h2-6,8-9H,1H3;2-8H,1H3;2-6,8-9H,1H3;3*1-4H,(H,8,9);;;/q3*-1;;;;;;. The molecule has 0 aliphatic rings. The smallest absolute Gasteiger partial charge is 0.381 e. The first kappa shape index (κ1) is 71.2. The van der Waals surface area contributed by atoms with Crippen molar-refractivity contribution in [2.75, 3.05) is 0 Å². The van der Waals surface area contributed by atoms with Gasteiger partial charge in [-0.1, -0.05) is 54.6 Å². The van der Waals surface area contributed by atoms with Gasteiger partial charge in [-0.15, -0.1) is 101 Å². The van der Waals surface area contributed by atoms with Crippen LogP contribution in [0.1, 0.15) is 59.7 Å². The van der Waals surface area contributed by atoms with Crippen molar-refractivity contribution >= 4 is 62.6 Å². The number of hydrogen-bond acceptors (Lipinski definition) is 13. The molecule has 88 heavy (non-hydrogen) atoms. The Morgan fingerprint density at radius 2 is 0.739 bits per heavy atom. The zero-order valence-electron chi connectivity index (χ0n) is 46.1. The third kappa shape index (κ3) is 20.7. The molecular formula is C65H45ClF3Ir3N10O6-3. The molecule has 6 heterocycles. The molecule has 6 aromatic carbocycles. The van der Waals surface area contributed by atoms with Crippen LogP contribution in [-0.4, -0.2) is 78.1 Å². The Morgan fingerprint density at radius 1 is 0.432 bits per heavy atom. The van der Waals surface area contributed by atoms with E-state index in [1.54, 1.807) is 61.5 Å². The van der Waals surface area contributed by atoms with Crippen LogP contribution < -0.4 is 0 Å². The van der Waals surface area contributed by atoms with Gasteiger partial charge in [0.15, 0.2) is 0 Å². The number of benzene rings is 6. The number of hydrogen-bond donors (Lipinski definition) is 3. The van der Waals surface area contributed by atoms with Gasteiger partial charge in [-0.25, -0.2) is 34.6 Å². The topological polar surface area (TPSA) is 252 Å². The molecule has 0 atom stereocenters. The summed E-state index contributed by atoms with van der Waals surface area (Å²) in [6.07, 6.45) is -0.0184. The molecule has 6 aromatic heterocycles. The Bertz CT molecular complexity index is 4160. The van der Waals surface area contributed by atoms with E-state index in [9.17, 15) is 27.6 Å². The van der Waals surface area contributed by atoms with Gasteiger partial charge in [0.05, 0.1) is 33.1 Å². The van der Waals surface area contributed by atoms with E-state index in [-0.39, 0.29) is 77.4 Å². The second-order valence-electron chi connectivity index (χ2n) is 17.5. The van der Waals surface area contributed by atoms with Gasteiger partial charge in [-0.3, -0.25) is 29.9 Å². The van der Waals surface area contributed by atoms with Crippen molar-refractivity contribution in [3.05, 3.63) is 269 Å². The first-order valence-corrected chi connectivity index (χ1v) is 25.6. The number of alkyl halides is 3. The number of nitriles is 1. The minimum atomic E-state index is -4.36. The molecule has 449 valence electrons. The van der Waals surface area contributed by atoms with Crippen molar-refractivity contribution in [1.29, 1.82) is 5.26 Å². The maximum Gasteiger partial charge on any atom is 0.381 e. The summed E-state index contributed by atoms with van der Waals surface area (Å²) in [4.78, 5) is 68.4. The Balaban J connectivity index is 0.000000232. The molecule has 0 aliphatic carbocycles. The average Bonchev–Trinajstić information content (AvgIpc) is 3.71. The summed E-state index contributed by atoms with van der Waals surface area (Å²) in [6, 6.07) is 62.3. The van der Waals surface area contributed by atoms with Gasteiger partial charge in [0.2, 0.25) is 0 Å². The molecular weight excluding hydrogens is 1690 g/mol. The number of carboxylic acid groups (broad SMARTS) is 3. The summed E-state index contributed by atoms with van der Waals surface area (Å²) in [5.41, 5.74) is 12.0. The van der Waals surface area contributed by atoms with Crippen LogP contribution in [0.4, 0.5) is 13.2 Å². The number of halogens is 4. The van der Waals surface area contributed by atoms with E-state index >= 15 is 0 Å². The first-order chi connectivity index (χ1) is 40.9. The van der Waals surface area contributed by atoms with Gasteiger partial charge in [0, 0.05) is 119 Å². The van der Waals surface area contributed by atoms with E-state index in [1.807, 2.05) is 105 Å². The van der Waals surface area contributed by atoms with E-state index in [4.69, 9.17) is 32.2 Å². The zero-order valence-corrected chi connectivity index (χ0v) is 54.0. The fraction of sp³-hybridized carbons (Fsp3) is 0.0615. The number of para-hydroxylation sites is 6. The van der Waals surface area contributed by atoms with Crippen LogP contribution in [0.15, 0.2) is 201 Å². The maximum absolute atomic E-state index is 12.6. The summed E-state index contributed by atoms with van der Waals surface area (Å²) in [5.74, 6) is -2.97. The number of carboxylic acids is 3. The average molecular weight is 1730 g/mol. The van der Waals surface area contributed by atoms with Crippen LogP contribution in [0.5, 0.6) is 0 Å². The Morgan fingerprint density at radius 3 is 0.977 bits per heavy atom. The van der Waals surface area contributed by atoms with Crippen molar-refractivity contribution in [1.82, 2.24) is 44.9 Å². The monoisotopic (exact) mass is 1730 g/mol. The third-order valence-electron chi connectivity index (χ3n) is 11.5. The molecule has 12 rings (SSSR count). The molecule has 0 unspecified atom stereocenters. The van der Waals surface area contributed by atoms with E-state index in [0.717, 1.165) is 73.6 Å². The van der Waals surface area contributed by atoms with Crippen molar-refractivity contribution in [3.63, 3.8) is 0 Å². The molecule has 12 aromatic rings. The molecule has 0 saturated carbocycles. The number of rotatable bonds is 6. The van der Waals surface area contributed by atoms with Gasteiger partial charge in [0.25, 0.3) is 0 Å². The molecule has 0 saturated heterocycles. The molecule has 16 nitrogen and oxygen atoms in total. The summed E-state index contributed by atoms with van der Waals surface area (Å²) in [5, 5.41) is 34.4. The zero-order chi connectivity index (χ0) is 60.9. The van der Waals surface area contributed by atoms with Crippen LogP contribution in [0.25, 0.3) is 66.9 Å². The number of aromatic carboxylic acids is 3. The maximum atomic E-state index is 12.6. The fourth-order valence-electron chi connectivity index (χ4n) is 7.44. The van der Waals surface area contributed by atoms with Gasteiger partial charge >= 0.3 is 24.1 Å². The Hall–Kier alpha value is -9.28. The van der Waals surface area contributed by atoms with Crippen molar-refractivity contribution in [3.8, 4) is 39.8 Å². The summed E-state index contributed by atoms with van der Waals surface area (Å²) in [7, 11) is 0. The van der Waals surface area contributed by atoms with E-state index in [2.05, 4.69) is 69.1 Å². The predicted molar refractivity (Wildman–Crippen MR) is 314 cm³/mol. The molecule has 0 fully saturated rings. The molecule has 0 amide bonds. The van der Waals surface area contributed by atoms with Crippen LogP contribution in [0.2, 0.25) is 5.02 Å². The first-order valence-electron chi connectivity index (χ1n) is 25.2. The largest absolute Gasteiger partial charge is 0.477 e. The van der Waals surface area contributed by atoms with E-state index in [0.29, 0.717) is 33.1 Å². The predicted octanol–water partition coefficient (Wildman–Crippen LogP) is 14.1. The molecule has 23 heteroatoms. The van der Waals surface area contributed by atoms with E-state index in [1.165, 1.54) is 42.9 Å². The van der Waals surface area contributed by atoms with Gasteiger partial charge in [-0.05, 0) is 110 Å². The Kier molecular flexibility index (Phi) is 28.1. The van der Waals surface area contributed by atoms with Crippen molar-refractivity contribution in [2.24, 2.45) is 0 Å². The van der Waals surface area contributed by atoms with Crippen LogP contribution >= 0.6 is 11.6 Å². The molecule has 0 aliphatic heterocycles. The van der Waals surface area contributed by atoms with Gasteiger partial charge in [-0.2, -0.15) is 13.2 Å². The second-order valence-corrected chi connectivity index (χ2v) is 17.9. The SMILES string of the molecule is Cc1nc2ccccc2nc1-c1[c-]cc(C#N)cc1.Cc1nc2ccccc2nc1-c1[c-]cc(C(F)(F)F)cc1.Cc1nc2ccccc2nc1-c1[c-]cc(Cl)cc1.O=C(O)c1ccccn1.O=C(O)c1ccccn1.O=C(O)c1ccccn1.[Ir].[Ir].[Ir]. The molecule has 0 spiro atoms. The summed E-state index contributed by atoms with van der Waals surface area (Å²) in [6.45, 7) is 5.67. The Labute approximate surface area is 547 Å². The minimum absolute atomic E-state index is 0. The number of carbonyl (C=O) groups is 3. The molecule has 3 radical (unpaired) electrons. The summed E-state index contributed by atoms with van der Waals surface area (Å²) < 4.78 is 37.7. The molecule has 3 N–H and O–H groups in total. The van der Waals surface area contributed by atoms with Crippen molar-refractivity contribution < 1.29 is 103 Å². The number of aryl methyl sites for hydroxylation is 3. The normalized spacial score (nSPS) is 9.98. The van der Waals surface area contributed by atoms with Crippen molar-refractivity contribution in [2.45, 2.75) is 26.9 Å². The van der Waals surface area contributed by atoms with Crippen LogP contribution in [0.3, 0.4) is 0 Å². The number of fused-ring (bicyclic) bond motifs is 3. The fourth-order valence-corrected chi connectivity index (χ4v) is 7.56. The molecule has 0 bridgehead atoms. The number of aromatic nitrogens is 9. The third-order valence-corrected chi connectivity index (χ3v) is 11.7. The summed E-state index contributed by atoms with van der Waals surface area (Å²) >= 11 is 5.87. The van der Waals surface area contributed by atoms with Gasteiger partial charge in [0.1, 0.15) is 17.1 Å².